The van der Waals surface area contributed by atoms with Crippen molar-refractivity contribution in [2.75, 3.05) is 13.1 Å². The largest absolute Gasteiger partial charge is 0.356 e. The molecule has 2 heterocycles. The molecule has 7 nitrogen and oxygen atoms in total. The molecule has 0 aromatic carbocycles. The molecule has 0 spiro atoms. The summed E-state index contributed by atoms with van der Waals surface area (Å²) in [6, 6.07) is 6.07. The molecular formula is C20H29N5O2. The van der Waals surface area contributed by atoms with Crippen LogP contribution in [0.5, 0.6) is 0 Å². The molecule has 1 fully saturated rings. The third-order valence-corrected chi connectivity index (χ3v) is 4.92. The van der Waals surface area contributed by atoms with Gasteiger partial charge in [-0.3, -0.25) is 4.79 Å². The lowest BCUT2D eigenvalue weighted by Gasteiger charge is -2.22. The molecule has 0 atom stereocenters. The zero-order valence-electron chi connectivity index (χ0n) is 15.7. The first-order chi connectivity index (χ1) is 13.2. The summed E-state index contributed by atoms with van der Waals surface area (Å²) in [5.41, 5.74) is 1.87. The molecule has 27 heavy (non-hydrogen) atoms. The molecule has 0 unspecified atom stereocenters. The number of carbonyl (C=O) groups is 2. The standard InChI is InChI=1S/C20H29N5O2/c26-19(10-6-12-22-20(27)24-16-7-2-1-3-8-16)21-13-11-17-15-25-14-5-4-9-18(25)23-17/h4-5,9,14-16H,1-3,6-8,10-13H2,(H,21,26)(H2,22,24,27). The van der Waals surface area contributed by atoms with Crippen LogP contribution in [0.25, 0.3) is 5.65 Å². The number of imidazole rings is 1. The second-order valence-electron chi connectivity index (χ2n) is 7.14. The quantitative estimate of drug-likeness (QED) is 0.623. The highest BCUT2D eigenvalue weighted by Crippen LogP contribution is 2.17. The Morgan fingerprint density at radius 2 is 1.96 bits per heavy atom. The number of nitrogens with one attached hydrogen (secondary N) is 3. The van der Waals surface area contributed by atoms with Gasteiger partial charge in [0.25, 0.3) is 0 Å². The van der Waals surface area contributed by atoms with Gasteiger partial charge >= 0.3 is 6.03 Å². The zero-order valence-corrected chi connectivity index (χ0v) is 15.7. The predicted molar refractivity (Wildman–Crippen MR) is 105 cm³/mol. The lowest BCUT2D eigenvalue weighted by Crippen LogP contribution is -2.43. The average molecular weight is 371 g/mol. The van der Waals surface area contributed by atoms with Crippen molar-refractivity contribution in [2.45, 2.75) is 57.4 Å². The Kier molecular flexibility index (Phi) is 7.07. The summed E-state index contributed by atoms with van der Waals surface area (Å²) < 4.78 is 1.97. The van der Waals surface area contributed by atoms with Crippen molar-refractivity contribution in [3.63, 3.8) is 0 Å². The maximum Gasteiger partial charge on any atom is 0.315 e. The van der Waals surface area contributed by atoms with E-state index in [4.69, 9.17) is 0 Å². The van der Waals surface area contributed by atoms with E-state index in [-0.39, 0.29) is 11.9 Å². The summed E-state index contributed by atoms with van der Waals surface area (Å²) in [4.78, 5) is 28.2. The normalized spacial score (nSPS) is 14.8. The molecule has 1 saturated carbocycles. The minimum Gasteiger partial charge on any atom is -0.356 e. The van der Waals surface area contributed by atoms with Crippen molar-refractivity contribution in [2.24, 2.45) is 0 Å². The van der Waals surface area contributed by atoms with Gasteiger partial charge in [0.1, 0.15) is 5.65 Å². The van der Waals surface area contributed by atoms with Crippen molar-refractivity contribution >= 4 is 17.6 Å². The number of hydrogen-bond acceptors (Lipinski definition) is 3. The van der Waals surface area contributed by atoms with Gasteiger partial charge in [-0.1, -0.05) is 25.3 Å². The van der Waals surface area contributed by atoms with Crippen LogP contribution in [0, 0.1) is 0 Å². The Hall–Kier alpha value is -2.57. The Bertz CT molecular complexity index is 719. The summed E-state index contributed by atoms with van der Waals surface area (Å²) in [5.74, 6) is 0.00764. The summed E-state index contributed by atoms with van der Waals surface area (Å²) in [6.45, 7) is 1.08. The van der Waals surface area contributed by atoms with Crippen LogP contribution in [-0.2, 0) is 11.2 Å². The Morgan fingerprint density at radius 1 is 1.11 bits per heavy atom. The van der Waals surface area contributed by atoms with Gasteiger partial charge in [0, 0.05) is 44.4 Å². The van der Waals surface area contributed by atoms with E-state index in [1.165, 1.54) is 19.3 Å². The van der Waals surface area contributed by atoms with E-state index in [1.54, 1.807) is 0 Å². The third kappa shape index (κ3) is 6.27. The van der Waals surface area contributed by atoms with Gasteiger partial charge in [-0.05, 0) is 31.4 Å². The molecule has 0 saturated heterocycles. The Morgan fingerprint density at radius 3 is 2.78 bits per heavy atom. The van der Waals surface area contributed by atoms with Gasteiger partial charge in [0.15, 0.2) is 0 Å². The highest BCUT2D eigenvalue weighted by atomic mass is 16.2. The van der Waals surface area contributed by atoms with Crippen LogP contribution in [-0.4, -0.2) is 40.5 Å². The molecule has 3 amide bonds. The first kappa shape index (κ1) is 19.2. The summed E-state index contributed by atoms with van der Waals surface area (Å²) >= 11 is 0. The van der Waals surface area contributed by atoms with Crippen LogP contribution in [0.15, 0.2) is 30.6 Å². The molecular weight excluding hydrogens is 342 g/mol. The maximum absolute atomic E-state index is 11.9. The molecule has 146 valence electrons. The highest BCUT2D eigenvalue weighted by Gasteiger charge is 2.15. The minimum atomic E-state index is -0.117. The molecule has 2 aromatic heterocycles. The molecule has 2 aromatic rings. The molecule has 0 aliphatic heterocycles. The van der Waals surface area contributed by atoms with E-state index in [0.717, 1.165) is 24.2 Å². The zero-order chi connectivity index (χ0) is 18.9. The van der Waals surface area contributed by atoms with E-state index in [9.17, 15) is 9.59 Å². The molecule has 1 aliphatic carbocycles. The Balaban J connectivity index is 1.24. The number of aromatic nitrogens is 2. The number of pyridine rings is 1. The second kappa shape index (κ2) is 9.94. The highest BCUT2D eigenvalue weighted by molar-refractivity contribution is 5.76. The predicted octanol–water partition coefficient (Wildman–Crippen LogP) is 2.41. The number of hydrogen-bond donors (Lipinski definition) is 3. The van der Waals surface area contributed by atoms with Crippen molar-refractivity contribution in [3.8, 4) is 0 Å². The molecule has 3 N–H and O–H groups in total. The average Bonchev–Trinajstić information content (AvgIpc) is 3.09. The maximum atomic E-state index is 11.9. The van der Waals surface area contributed by atoms with Crippen LogP contribution in [0.1, 0.15) is 50.6 Å². The smallest absolute Gasteiger partial charge is 0.315 e. The van der Waals surface area contributed by atoms with Gasteiger partial charge < -0.3 is 20.4 Å². The van der Waals surface area contributed by atoms with Gasteiger partial charge in [-0.2, -0.15) is 0 Å². The van der Waals surface area contributed by atoms with E-state index in [1.807, 2.05) is 35.0 Å². The number of rotatable bonds is 8. The molecule has 1 aliphatic rings. The second-order valence-corrected chi connectivity index (χ2v) is 7.14. The first-order valence-corrected chi connectivity index (χ1v) is 9.94. The minimum absolute atomic E-state index is 0.00764. The van der Waals surface area contributed by atoms with E-state index < -0.39 is 0 Å². The third-order valence-electron chi connectivity index (χ3n) is 4.92. The van der Waals surface area contributed by atoms with Crippen LogP contribution < -0.4 is 16.0 Å². The van der Waals surface area contributed by atoms with Crippen molar-refractivity contribution in [3.05, 3.63) is 36.3 Å². The molecule has 7 heteroatoms. The van der Waals surface area contributed by atoms with Crippen molar-refractivity contribution < 1.29 is 9.59 Å². The number of nitrogens with zero attached hydrogens (tertiary/aromatic N) is 2. The molecule has 0 bridgehead atoms. The number of amides is 3. The summed E-state index contributed by atoms with van der Waals surface area (Å²) in [6.07, 6.45) is 11.5. The fraction of sp³-hybridized carbons (Fsp3) is 0.550. The number of carbonyl (C=O) groups excluding carboxylic acids is 2. The monoisotopic (exact) mass is 371 g/mol. The van der Waals surface area contributed by atoms with E-state index in [2.05, 4.69) is 20.9 Å². The lowest BCUT2D eigenvalue weighted by molar-refractivity contribution is -0.121. The topological polar surface area (TPSA) is 87.5 Å². The van der Waals surface area contributed by atoms with E-state index in [0.29, 0.717) is 38.4 Å². The van der Waals surface area contributed by atoms with Crippen LogP contribution in [0.3, 0.4) is 0 Å². The fourth-order valence-corrected chi connectivity index (χ4v) is 3.46. The van der Waals surface area contributed by atoms with Crippen LogP contribution >= 0.6 is 0 Å². The molecule has 3 rings (SSSR count). The summed E-state index contributed by atoms with van der Waals surface area (Å²) in [7, 11) is 0. The molecule has 0 radical (unpaired) electrons. The SMILES string of the molecule is O=C(CCCNC(=O)NC1CCCCC1)NCCc1cn2ccccc2n1. The fourth-order valence-electron chi connectivity index (χ4n) is 3.46. The summed E-state index contributed by atoms with van der Waals surface area (Å²) in [5, 5.41) is 8.76. The van der Waals surface area contributed by atoms with E-state index >= 15 is 0 Å². The van der Waals surface area contributed by atoms with Gasteiger partial charge in [0.05, 0.1) is 5.69 Å². The van der Waals surface area contributed by atoms with Crippen molar-refractivity contribution in [1.29, 1.82) is 0 Å². The van der Waals surface area contributed by atoms with Crippen LogP contribution in [0.4, 0.5) is 4.79 Å². The number of fused-ring (bicyclic) bond motifs is 1. The van der Waals surface area contributed by atoms with Gasteiger partial charge in [-0.25, -0.2) is 9.78 Å². The van der Waals surface area contributed by atoms with Gasteiger partial charge in [-0.15, -0.1) is 0 Å². The van der Waals surface area contributed by atoms with Crippen LogP contribution in [0.2, 0.25) is 0 Å². The lowest BCUT2D eigenvalue weighted by atomic mass is 9.96. The van der Waals surface area contributed by atoms with Crippen molar-refractivity contribution in [1.82, 2.24) is 25.3 Å². The van der Waals surface area contributed by atoms with Gasteiger partial charge in [0.2, 0.25) is 5.91 Å². The Labute approximate surface area is 159 Å². The number of urea groups is 1. The first-order valence-electron chi connectivity index (χ1n) is 9.94.